The van der Waals surface area contributed by atoms with E-state index in [1.165, 1.54) is 0 Å². The number of hydrogen-bond acceptors (Lipinski definition) is 3. The van der Waals surface area contributed by atoms with Crippen LogP contribution in [-0.4, -0.2) is 12.9 Å². The Labute approximate surface area is 82.3 Å². The molecular weight excluding hydrogens is 211 g/mol. The molecule has 1 aromatic carbocycles. The molecule has 3 nitrogen and oxygen atoms in total. The largest absolute Gasteiger partial charge is 0.436 e. The van der Waals surface area contributed by atoms with Crippen LogP contribution in [0.15, 0.2) is 30.3 Å². The van der Waals surface area contributed by atoms with Crippen LogP contribution >= 0.6 is 19.0 Å². The number of rotatable bonds is 5. The Morgan fingerprint density at radius 2 is 2.08 bits per heavy atom. The van der Waals surface area contributed by atoms with Gasteiger partial charge in [-0.15, -0.1) is 0 Å². The summed E-state index contributed by atoms with van der Waals surface area (Å²) in [7, 11) is -1.52. The molecular formula is C8H8ClO3P. The van der Waals surface area contributed by atoms with E-state index < -0.39 is 7.73 Å². The zero-order valence-electron chi connectivity index (χ0n) is 6.72. The average Bonchev–Trinajstić information content (AvgIpc) is 2.16. The van der Waals surface area contributed by atoms with E-state index in [0.29, 0.717) is 12.0 Å². The molecule has 0 heterocycles. The molecule has 13 heavy (non-hydrogen) atoms. The van der Waals surface area contributed by atoms with Crippen LogP contribution in [0, 0.1) is 0 Å². The summed E-state index contributed by atoms with van der Waals surface area (Å²) in [5, 5.41) is 0. The molecule has 1 aromatic rings. The Bertz CT molecular complexity index is 255. The van der Waals surface area contributed by atoms with E-state index in [-0.39, 0.29) is 6.61 Å². The summed E-state index contributed by atoms with van der Waals surface area (Å²) < 4.78 is 10.0. The number of hydrogen-bond donors (Lipinski definition) is 0. The minimum atomic E-state index is -1.52. The normalized spacial score (nSPS) is 12.1. The average molecular weight is 219 g/mol. The topological polar surface area (TPSA) is 35.5 Å². The molecule has 0 bridgehead atoms. The first-order valence-electron chi connectivity index (χ1n) is 3.58. The highest BCUT2D eigenvalue weighted by Gasteiger charge is 2.07. The summed E-state index contributed by atoms with van der Waals surface area (Å²) in [4.78, 5) is 9.93. The van der Waals surface area contributed by atoms with Gasteiger partial charge in [0.15, 0.2) is 0 Å². The molecule has 0 radical (unpaired) electrons. The van der Waals surface area contributed by atoms with E-state index in [2.05, 4.69) is 0 Å². The SMILES string of the molecule is O=CCOP(Cl)Oc1ccccc1. The van der Waals surface area contributed by atoms with Gasteiger partial charge in [-0.05, 0) is 23.4 Å². The molecule has 1 atom stereocenters. The lowest BCUT2D eigenvalue weighted by Gasteiger charge is -2.08. The van der Waals surface area contributed by atoms with Gasteiger partial charge in [0.2, 0.25) is 0 Å². The third-order valence-corrected chi connectivity index (χ3v) is 2.37. The maximum atomic E-state index is 9.93. The second kappa shape index (κ2) is 5.92. The van der Waals surface area contributed by atoms with Crippen LogP contribution in [0.3, 0.4) is 0 Å². The van der Waals surface area contributed by atoms with Gasteiger partial charge in [-0.1, -0.05) is 18.2 Å². The van der Waals surface area contributed by atoms with E-state index in [4.69, 9.17) is 20.3 Å². The van der Waals surface area contributed by atoms with E-state index in [0.717, 1.165) is 0 Å². The first-order valence-corrected chi connectivity index (χ1v) is 5.66. The van der Waals surface area contributed by atoms with Crippen molar-refractivity contribution in [2.24, 2.45) is 0 Å². The first-order chi connectivity index (χ1) is 6.33. The molecule has 0 aliphatic heterocycles. The van der Waals surface area contributed by atoms with Crippen LogP contribution in [0.25, 0.3) is 0 Å². The number of carbonyl (C=O) groups is 1. The molecule has 0 fully saturated rings. The minimum absolute atomic E-state index is 0.0396. The van der Waals surface area contributed by atoms with E-state index >= 15 is 0 Å². The summed E-state index contributed by atoms with van der Waals surface area (Å²) >= 11 is 5.66. The molecule has 70 valence electrons. The standard InChI is InChI=1S/C8H8ClO3P/c9-13(11-7-6-10)12-8-4-2-1-3-5-8/h1-6H,7H2. The Balaban J connectivity index is 2.36. The number of aldehydes is 1. The quantitative estimate of drug-likeness (QED) is 0.563. The van der Waals surface area contributed by atoms with Crippen LogP contribution in [0.5, 0.6) is 5.75 Å². The zero-order valence-corrected chi connectivity index (χ0v) is 8.37. The Kier molecular flexibility index (Phi) is 4.76. The molecule has 1 unspecified atom stereocenters. The van der Waals surface area contributed by atoms with Gasteiger partial charge in [-0.25, -0.2) is 0 Å². The van der Waals surface area contributed by atoms with Crippen molar-refractivity contribution in [1.29, 1.82) is 0 Å². The maximum absolute atomic E-state index is 9.93. The minimum Gasteiger partial charge on any atom is -0.436 e. The van der Waals surface area contributed by atoms with Gasteiger partial charge < -0.3 is 13.8 Å². The summed E-state index contributed by atoms with van der Waals surface area (Å²) in [6, 6.07) is 9.06. The fourth-order valence-corrected chi connectivity index (χ4v) is 1.61. The molecule has 1 rings (SSSR count). The molecule has 0 aromatic heterocycles. The number of benzene rings is 1. The maximum Gasteiger partial charge on any atom is 0.338 e. The van der Waals surface area contributed by atoms with Crippen molar-refractivity contribution in [2.45, 2.75) is 0 Å². The summed E-state index contributed by atoms with van der Waals surface area (Å²) in [6.07, 6.45) is 0.631. The second-order valence-corrected chi connectivity index (χ2v) is 3.77. The first kappa shape index (κ1) is 10.5. The van der Waals surface area contributed by atoms with Gasteiger partial charge >= 0.3 is 7.73 Å². The zero-order chi connectivity index (χ0) is 9.52. The Morgan fingerprint density at radius 3 is 2.69 bits per heavy atom. The third kappa shape index (κ3) is 4.23. The Hall–Kier alpha value is -0.630. The van der Waals surface area contributed by atoms with Crippen molar-refractivity contribution >= 4 is 25.3 Å². The van der Waals surface area contributed by atoms with E-state index in [1.807, 2.05) is 18.2 Å². The third-order valence-electron chi connectivity index (χ3n) is 1.16. The van der Waals surface area contributed by atoms with Gasteiger partial charge in [0, 0.05) is 0 Å². The highest BCUT2D eigenvalue weighted by molar-refractivity contribution is 7.76. The smallest absolute Gasteiger partial charge is 0.338 e. The lowest BCUT2D eigenvalue weighted by molar-refractivity contribution is -0.109. The highest BCUT2D eigenvalue weighted by atomic mass is 35.7. The molecule has 5 heteroatoms. The van der Waals surface area contributed by atoms with Crippen LogP contribution in [0.2, 0.25) is 0 Å². The second-order valence-electron chi connectivity index (χ2n) is 2.08. The van der Waals surface area contributed by atoms with Crippen LogP contribution in [-0.2, 0) is 9.32 Å². The van der Waals surface area contributed by atoms with Crippen molar-refractivity contribution in [3.05, 3.63) is 30.3 Å². The molecule has 0 amide bonds. The molecule has 0 saturated heterocycles. The lowest BCUT2D eigenvalue weighted by Crippen LogP contribution is -1.91. The number of carbonyl (C=O) groups excluding carboxylic acids is 1. The van der Waals surface area contributed by atoms with Crippen molar-refractivity contribution < 1.29 is 13.8 Å². The molecule has 0 spiro atoms. The monoisotopic (exact) mass is 218 g/mol. The van der Waals surface area contributed by atoms with Crippen molar-refractivity contribution in [3.8, 4) is 5.75 Å². The summed E-state index contributed by atoms with van der Waals surface area (Å²) in [6.45, 7) is -0.0396. The van der Waals surface area contributed by atoms with Gasteiger partial charge in [0.1, 0.15) is 18.6 Å². The number of para-hydroxylation sites is 1. The van der Waals surface area contributed by atoms with Gasteiger partial charge in [-0.2, -0.15) is 0 Å². The Morgan fingerprint density at radius 1 is 1.38 bits per heavy atom. The van der Waals surface area contributed by atoms with E-state index in [9.17, 15) is 4.79 Å². The molecule has 0 aliphatic rings. The highest BCUT2D eigenvalue weighted by Crippen LogP contribution is 2.43. The predicted molar refractivity (Wildman–Crippen MR) is 51.9 cm³/mol. The van der Waals surface area contributed by atoms with Crippen molar-refractivity contribution in [3.63, 3.8) is 0 Å². The molecule has 0 aliphatic carbocycles. The number of halogens is 1. The fourth-order valence-electron chi connectivity index (χ4n) is 0.680. The van der Waals surface area contributed by atoms with Gasteiger partial charge in [0.25, 0.3) is 0 Å². The van der Waals surface area contributed by atoms with Crippen molar-refractivity contribution in [1.82, 2.24) is 0 Å². The van der Waals surface area contributed by atoms with Crippen molar-refractivity contribution in [2.75, 3.05) is 6.61 Å². The van der Waals surface area contributed by atoms with Crippen LogP contribution in [0.4, 0.5) is 0 Å². The summed E-state index contributed by atoms with van der Waals surface area (Å²) in [5.74, 6) is 0.634. The lowest BCUT2D eigenvalue weighted by atomic mass is 10.3. The van der Waals surface area contributed by atoms with Crippen LogP contribution < -0.4 is 4.52 Å². The molecule has 0 N–H and O–H groups in total. The van der Waals surface area contributed by atoms with Gasteiger partial charge in [0.05, 0.1) is 0 Å². The molecule has 0 saturated carbocycles. The predicted octanol–water partition coefficient (Wildman–Crippen LogP) is 2.75. The van der Waals surface area contributed by atoms with E-state index in [1.54, 1.807) is 12.1 Å². The van der Waals surface area contributed by atoms with Gasteiger partial charge in [-0.3, -0.25) is 0 Å². The van der Waals surface area contributed by atoms with Crippen LogP contribution in [0.1, 0.15) is 0 Å². The summed E-state index contributed by atoms with van der Waals surface area (Å²) in [5.41, 5.74) is 0. The fraction of sp³-hybridized carbons (Fsp3) is 0.125.